The van der Waals surface area contributed by atoms with E-state index in [1.54, 1.807) is 6.92 Å². The summed E-state index contributed by atoms with van der Waals surface area (Å²) in [4.78, 5) is 24.2. The van der Waals surface area contributed by atoms with E-state index in [9.17, 15) is 14.9 Å². The molecule has 0 aromatic heterocycles. The summed E-state index contributed by atoms with van der Waals surface area (Å²) in [6.45, 7) is 4.14. The number of rotatable bonds is 4. The normalized spacial score (nSPS) is 14.9. The van der Waals surface area contributed by atoms with E-state index in [-0.39, 0.29) is 12.3 Å². The number of ether oxygens (including phenoxy) is 2. The Morgan fingerprint density at radius 1 is 1.45 bits per heavy atom. The van der Waals surface area contributed by atoms with E-state index in [1.807, 2.05) is 4.90 Å². The van der Waals surface area contributed by atoms with Crippen LogP contribution in [0.4, 0.5) is 11.4 Å². The third-order valence-electron chi connectivity index (χ3n) is 3.04. The Labute approximate surface area is 116 Å². The van der Waals surface area contributed by atoms with E-state index in [1.165, 1.54) is 18.2 Å². The van der Waals surface area contributed by atoms with Gasteiger partial charge in [0.15, 0.2) is 0 Å². The summed E-state index contributed by atoms with van der Waals surface area (Å²) in [6, 6.07) is 4.28. The molecule has 20 heavy (non-hydrogen) atoms. The number of hydrogen-bond donors (Lipinski definition) is 0. The Kier molecular flexibility index (Phi) is 4.52. The number of carbonyl (C=O) groups excluding carboxylic acids is 1. The summed E-state index contributed by atoms with van der Waals surface area (Å²) < 4.78 is 10.2. The van der Waals surface area contributed by atoms with Gasteiger partial charge in [0.1, 0.15) is 5.69 Å². The number of carbonyl (C=O) groups is 1. The molecule has 0 spiro atoms. The van der Waals surface area contributed by atoms with Gasteiger partial charge in [0.2, 0.25) is 0 Å². The largest absolute Gasteiger partial charge is 0.462 e. The number of hydrogen-bond acceptors (Lipinski definition) is 6. The molecule has 108 valence electrons. The molecule has 1 saturated heterocycles. The van der Waals surface area contributed by atoms with Crippen LogP contribution in [0.2, 0.25) is 0 Å². The Balaban J connectivity index is 2.36. The first-order chi connectivity index (χ1) is 9.63. The first kappa shape index (κ1) is 14.3. The maximum Gasteiger partial charge on any atom is 0.338 e. The van der Waals surface area contributed by atoms with Gasteiger partial charge in [-0.25, -0.2) is 4.79 Å². The van der Waals surface area contributed by atoms with Crippen molar-refractivity contribution in [1.82, 2.24) is 0 Å². The molecule has 1 aromatic carbocycles. The maximum atomic E-state index is 11.7. The molecule has 0 bridgehead atoms. The molecule has 0 amide bonds. The second kappa shape index (κ2) is 6.33. The van der Waals surface area contributed by atoms with Gasteiger partial charge in [0.25, 0.3) is 5.69 Å². The van der Waals surface area contributed by atoms with E-state index in [2.05, 4.69) is 0 Å². The van der Waals surface area contributed by atoms with Crippen molar-refractivity contribution in [2.75, 3.05) is 37.8 Å². The molecule has 7 nitrogen and oxygen atoms in total. The minimum atomic E-state index is -0.475. The van der Waals surface area contributed by atoms with Crippen LogP contribution in [0.3, 0.4) is 0 Å². The fraction of sp³-hybridized carbons (Fsp3) is 0.462. The lowest BCUT2D eigenvalue weighted by atomic mass is 10.1. The molecule has 1 fully saturated rings. The highest BCUT2D eigenvalue weighted by Gasteiger charge is 2.23. The highest BCUT2D eigenvalue weighted by Crippen LogP contribution is 2.30. The number of nitro groups is 1. The highest BCUT2D eigenvalue weighted by molar-refractivity contribution is 5.91. The molecule has 0 aliphatic carbocycles. The zero-order valence-electron chi connectivity index (χ0n) is 11.2. The zero-order valence-corrected chi connectivity index (χ0v) is 11.2. The first-order valence-corrected chi connectivity index (χ1v) is 6.41. The molecule has 7 heteroatoms. The van der Waals surface area contributed by atoms with Gasteiger partial charge in [-0.1, -0.05) is 0 Å². The zero-order chi connectivity index (χ0) is 14.5. The average Bonchev–Trinajstić information content (AvgIpc) is 2.47. The number of benzene rings is 1. The molecule has 1 aliphatic heterocycles. The van der Waals surface area contributed by atoms with E-state index in [0.717, 1.165) is 0 Å². The molecule has 1 heterocycles. The van der Waals surface area contributed by atoms with Crippen LogP contribution in [0.1, 0.15) is 17.3 Å². The summed E-state index contributed by atoms with van der Waals surface area (Å²) >= 11 is 0. The fourth-order valence-corrected chi connectivity index (χ4v) is 2.08. The lowest BCUT2D eigenvalue weighted by molar-refractivity contribution is -0.384. The predicted octanol–water partition coefficient (Wildman–Crippen LogP) is 1.61. The van der Waals surface area contributed by atoms with Crippen molar-refractivity contribution in [2.24, 2.45) is 0 Å². The van der Waals surface area contributed by atoms with Gasteiger partial charge in [0.05, 0.1) is 30.3 Å². The third-order valence-corrected chi connectivity index (χ3v) is 3.04. The molecule has 0 atom stereocenters. The van der Waals surface area contributed by atoms with Crippen LogP contribution < -0.4 is 4.90 Å². The SMILES string of the molecule is CCOC(=O)c1ccc([N+](=O)[O-])c(N2CCOCC2)c1. The molecular weight excluding hydrogens is 264 g/mol. The number of anilines is 1. The fourth-order valence-electron chi connectivity index (χ4n) is 2.08. The summed E-state index contributed by atoms with van der Waals surface area (Å²) in [6.07, 6.45) is 0. The van der Waals surface area contributed by atoms with E-state index >= 15 is 0 Å². The third kappa shape index (κ3) is 3.05. The van der Waals surface area contributed by atoms with Crippen LogP contribution in [-0.2, 0) is 9.47 Å². The van der Waals surface area contributed by atoms with Gasteiger partial charge in [-0.05, 0) is 19.1 Å². The number of esters is 1. The van der Waals surface area contributed by atoms with Crippen molar-refractivity contribution in [3.05, 3.63) is 33.9 Å². The Bertz CT molecular complexity index is 511. The van der Waals surface area contributed by atoms with Crippen molar-refractivity contribution >= 4 is 17.3 Å². The minimum absolute atomic E-state index is 0.0139. The number of morpholine rings is 1. The maximum absolute atomic E-state index is 11.7. The predicted molar refractivity (Wildman–Crippen MR) is 72.1 cm³/mol. The summed E-state index contributed by atoms with van der Waals surface area (Å²) in [5.74, 6) is -0.475. The highest BCUT2D eigenvalue weighted by atomic mass is 16.6. The first-order valence-electron chi connectivity index (χ1n) is 6.41. The average molecular weight is 280 g/mol. The van der Waals surface area contributed by atoms with Gasteiger partial charge >= 0.3 is 5.97 Å². The number of nitrogens with zero attached hydrogens (tertiary/aromatic N) is 2. The van der Waals surface area contributed by atoms with Crippen molar-refractivity contribution in [2.45, 2.75) is 6.92 Å². The van der Waals surface area contributed by atoms with Crippen LogP contribution >= 0.6 is 0 Å². The number of nitro benzene ring substituents is 1. The monoisotopic (exact) mass is 280 g/mol. The van der Waals surface area contributed by atoms with Gasteiger partial charge in [-0.2, -0.15) is 0 Å². The second-order valence-electron chi connectivity index (χ2n) is 4.28. The summed E-state index contributed by atoms with van der Waals surface area (Å²) in [5.41, 5.74) is 0.739. The van der Waals surface area contributed by atoms with Crippen molar-refractivity contribution < 1.29 is 19.2 Å². The molecule has 1 aliphatic rings. The molecule has 0 unspecified atom stereocenters. The lowest BCUT2D eigenvalue weighted by Gasteiger charge is -2.28. The van der Waals surface area contributed by atoms with Gasteiger partial charge in [-0.15, -0.1) is 0 Å². The van der Waals surface area contributed by atoms with Gasteiger partial charge < -0.3 is 14.4 Å². The van der Waals surface area contributed by atoms with Crippen LogP contribution in [-0.4, -0.2) is 43.8 Å². The van der Waals surface area contributed by atoms with Crippen molar-refractivity contribution in [3.8, 4) is 0 Å². The molecular formula is C13H16N2O5. The Morgan fingerprint density at radius 3 is 2.75 bits per heavy atom. The Morgan fingerprint density at radius 2 is 2.15 bits per heavy atom. The summed E-state index contributed by atoms with van der Waals surface area (Å²) in [5, 5.41) is 11.1. The van der Waals surface area contributed by atoms with Crippen LogP contribution in [0.25, 0.3) is 0 Å². The van der Waals surface area contributed by atoms with E-state index in [0.29, 0.717) is 37.6 Å². The van der Waals surface area contributed by atoms with Crippen molar-refractivity contribution in [1.29, 1.82) is 0 Å². The molecule has 0 saturated carbocycles. The van der Waals surface area contributed by atoms with Gasteiger partial charge in [-0.3, -0.25) is 10.1 Å². The molecule has 0 N–H and O–H groups in total. The molecule has 1 aromatic rings. The molecule has 2 rings (SSSR count). The molecule has 0 radical (unpaired) electrons. The van der Waals surface area contributed by atoms with Gasteiger partial charge in [0, 0.05) is 19.2 Å². The standard InChI is InChI=1S/C13H16N2O5/c1-2-20-13(16)10-3-4-11(15(17)18)12(9-10)14-5-7-19-8-6-14/h3-4,9H,2,5-8H2,1H3. The lowest BCUT2D eigenvalue weighted by Crippen LogP contribution is -2.36. The Hall–Kier alpha value is -2.15. The topological polar surface area (TPSA) is 81.9 Å². The quantitative estimate of drug-likeness (QED) is 0.473. The van der Waals surface area contributed by atoms with Crippen molar-refractivity contribution in [3.63, 3.8) is 0 Å². The summed E-state index contributed by atoms with van der Waals surface area (Å²) in [7, 11) is 0. The van der Waals surface area contributed by atoms with Crippen LogP contribution in [0, 0.1) is 10.1 Å². The second-order valence-corrected chi connectivity index (χ2v) is 4.28. The minimum Gasteiger partial charge on any atom is -0.462 e. The smallest absolute Gasteiger partial charge is 0.338 e. The van der Waals surface area contributed by atoms with Crippen LogP contribution in [0.15, 0.2) is 18.2 Å². The van der Waals surface area contributed by atoms with E-state index < -0.39 is 10.9 Å². The van der Waals surface area contributed by atoms with E-state index in [4.69, 9.17) is 9.47 Å². The van der Waals surface area contributed by atoms with Crippen LogP contribution in [0.5, 0.6) is 0 Å².